The first kappa shape index (κ1) is 20.6. The third-order valence-corrected chi connectivity index (χ3v) is 5.78. The topological polar surface area (TPSA) is 75.3 Å². The molecule has 2 aromatic carbocycles. The van der Waals surface area contributed by atoms with Gasteiger partial charge in [-0.1, -0.05) is 48.0 Å². The van der Waals surface area contributed by atoms with Crippen LogP contribution in [0.3, 0.4) is 0 Å². The molecule has 4 rings (SSSR count). The summed E-state index contributed by atoms with van der Waals surface area (Å²) in [4.78, 5) is 16.7. The number of carbonyl (C=O) groups excluding carboxylic acids is 1. The van der Waals surface area contributed by atoms with Crippen LogP contribution in [0.4, 0.5) is 5.82 Å². The first-order chi connectivity index (χ1) is 14.3. The highest BCUT2D eigenvalue weighted by Gasteiger charge is 2.34. The number of piperazine rings is 1. The van der Waals surface area contributed by atoms with E-state index in [0.717, 1.165) is 27.8 Å². The summed E-state index contributed by atoms with van der Waals surface area (Å²) >= 11 is 6.04. The first-order valence-corrected chi connectivity index (χ1v) is 10.5. The van der Waals surface area contributed by atoms with E-state index in [0.29, 0.717) is 24.7 Å². The van der Waals surface area contributed by atoms with E-state index in [1.165, 1.54) is 0 Å². The maximum Gasteiger partial charge on any atom is 0.242 e. The lowest BCUT2D eigenvalue weighted by Crippen LogP contribution is -2.59. The van der Waals surface area contributed by atoms with Gasteiger partial charge in [-0.2, -0.15) is 0 Å². The normalized spacial score (nSPS) is 17.4. The summed E-state index contributed by atoms with van der Waals surface area (Å²) in [5.74, 6) is 0.818. The van der Waals surface area contributed by atoms with Gasteiger partial charge in [0, 0.05) is 47.0 Å². The molecule has 1 aliphatic rings. The Kier molecular flexibility index (Phi) is 5.38. The van der Waals surface area contributed by atoms with Gasteiger partial charge >= 0.3 is 0 Å². The standard InChI is InChI=1S/C23H26ClN5O/c1-15-14-28(22(30)23(2,3)25)12-13-29(15)21-19-7-5-4-6-18(19)20(26-27-21)16-8-10-17(24)11-9-16/h4-11,15H,12-14,25H2,1-3H3. The van der Waals surface area contributed by atoms with Gasteiger partial charge in [0.2, 0.25) is 5.91 Å². The SMILES string of the molecule is CC1CN(C(=O)C(C)(C)N)CCN1c1nnc(-c2ccc(Cl)cc2)c2ccccc12. The van der Waals surface area contributed by atoms with E-state index in [9.17, 15) is 4.79 Å². The minimum absolute atomic E-state index is 0.0250. The Bertz CT molecular complexity index is 1080. The molecule has 0 bridgehead atoms. The van der Waals surface area contributed by atoms with Gasteiger partial charge in [-0.15, -0.1) is 10.2 Å². The molecule has 1 aliphatic heterocycles. The van der Waals surface area contributed by atoms with E-state index in [-0.39, 0.29) is 11.9 Å². The van der Waals surface area contributed by atoms with E-state index in [1.54, 1.807) is 13.8 Å². The van der Waals surface area contributed by atoms with Gasteiger partial charge in [0.1, 0.15) is 5.69 Å². The third-order valence-electron chi connectivity index (χ3n) is 5.52. The highest BCUT2D eigenvalue weighted by molar-refractivity contribution is 6.30. The van der Waals surface area contributed by atoms with E-state index in [4.69, 9.17) is 17.3 Å². The Morgan fingerprint density at radius 1 is 1.07 bits per heavy atom. The van der Waals surface area contributed by atoms with Gasteiger partial charge in [-0.05, 0) is 32.9 Å². The van der Waals surface area contributed by atoms with Crippen molar-refractivity contribution >= 4 is 34.1 Å². The smallest absolute Gasteiger partial charge is 0.242 e. The second-order valence-electron chi connectivity index (χ2n) is 8.44. The molecule has 156 valence electrons. The first-order valence-electron chi connectivity index (χ1n) is 10.1. The number of benzene rings is 2. The van der Waals surface area contributed by atoms with Crippen LogP contribution in [0.25, 0.3) is 22.0 Å². The van der Waals surface area contributed by atoms with Crippen LogP contribution in [0.15, 0.2) is 48.5 Å². The number of halogens is 1. The summed E-state index contributed by atoms with van der Waals surface area (Å²) in [6, 6.07) is 15.9. The van der Waals surface area contributed by atoms with Gasteiger partial charge in [0.15, 0.2) is 5.82 Å². The zero-order valence-corrected chi connectivity index (χ0v) is 18.2. The molecule has 7 heteroatoms. The minimum atomic E-state index is -0.866. The van der Waals surface area contributed by atoms with Gasteiger partial charge in [0.25, 0.3) is 0 Å². The van der Waals surface area contributed by atoms with Crippen LogP contribution in [-0.2, 0) is 4.79 Å². The molecule has 1 aromatic heterocycles. The summed E-state index contributed by atoms with van der Waals surface area (Å²) < 4.78 is 0. The summed E-state index contributed by atoms with van der Waals surface area (Å²) in [6.45, 7) is 7.50. The van der Waals surface area contributed by atoms with Crippen molar-refractivity contribution in [3.05, 3.63) is 53.6 Å². The fourth-order valence-electron chi connectivity index (χ4n) is 3.99. The number of anilines is 1. The number of carbonyl (C=O) groups is 1. The fraction of sp³-hybridized carbons (Fsp3) is 0.348. The molecular formula is C23H26ClN5O. The zero-order valence-electron chi connectivity index (χ0n) is 17.5. The molecule has 1 saturated heterocycles. The predicted molar refractivity (Wildman–Crippen MR) is 122 cm³/mol. The zero-order chi connectivity index (χ0) is 21.5. The van der Waals surface area contributed by atoms with Crippen molar-refractivity contribution in [2.75, 3.05) is 24.5 Å². The second-order valence-corrected chi connectivity index (χ2v) is 8.88. The summed E-state index contributed by atoms with van der Waals surface area (Å²) in [5, 5.41) is 12.0. The van der Waals surface area contributed by atoms with E-state index >= 15 is 0 Å². The Balaban J connectivity index is 1.68. The number of amides is 1. The monoisotopic (exact) mass is 423 g/mol. The Morgan fingerprint density at radius 3 is 2.37 bits per heavy atom. The molecule has 1 amide bonds. The maximum atomic E-state index is 12.6. The lowest BCUT2D eigenvalue weighted by molar-refractivity contribution is -0.136. The number of hydrogen-bond acceptors (Lipinski definition) is 5. The minimum Gasteiger partial charge on any atom is -0.348 e. The Labute approximate surface area is 181 Å². The van der Waals surface area contributed by atoms with Crippen LogP contribution < -0.4 is 10.6 Å². The van der Waals surface area contributed by atoms with Crippen LogP contribution in [0.2, 0.25) is 5.02 Å². The maximum absolute atomic E-state index is 12.6. The number of nitrogens with zero attached hydrogens (tertiary/aromatic N) is 4. The lowest BCUT2D eigenvalue weighted by Gasteiger charge is -2.42. The van der Waals surface area contributed by atoms with Crippen molar-refractivity contribution in [3.8, 4) is 11.3 Å². The van der Waals surface area contributed by atoms with Crippen LogP contribution in [0.1, 0.15) is 20.8 Å². The molecule has 0 spiro atoms. The molecule has 2 N–H and O–H groups in total. The van der Waals surface area contributed by atoms with Crippen molar-refractivity contribution in [1.82, 2.24) is 15.1 Å². The quantitative estimate of drug-likeness (QED) is 0.694. The molecule has 0 radical (unpaired) electrons. The molecule has 6 nitrogen and oxygen atoms in total. The van der Waals surface area contributed by atoms with Crippen molar-refractivity contribution in [3.63, 3.8) is 0 Å². The number of aromatic nitrogens is 2. The largest absolute Gasteiger partial charge is 0.348 e. The summed E-state index contributed by atoms with van der Waals surface area (Å²) in [5.41, 5.74) is 6.96. The molecule has 0 aliphatic carbocycles. The molecule has 0 saturated carbocycles. The Hall–Kier alpha value is -2.70. The van der Waals surface area contributed by atoms with Crippen LogP contribution in [-0.4, -0.2) is 52.2 Å². The number of fused-ring (bicyclic) bond motifs is 1. The van der Waals surface area contributed by atoms with Crippen molar-refractivity contribution < 1.29 is 4.79 Å². The van der Waals surface area contributed by atoms with Crippen molar-refractivity contribution in [1.29, 1.82) is 0 Å². The predicted octanol–water partition coefficient (Wildman–Crippen LogP) is 3.72. The van der Waals surface area contributed by atoms with Crippen LogP contribution in [0.5, 0.6) is 0 Å². The van der Waals surface area contributed by atoms with E-state index in [2.05, 4.69) is 34.2 Å². The molecule has 1 fully saturated rings. The van der Waals surface area contributed by atoms with Gasteiger partial charge in [-0.3, -0.25) is 4.79 Å². The van der Waals surface area contributed by atoms with Crippen LogP contribution >= 0.6 is 11.6 Å². The second kappa shape index (κ2) is 7.85. The van der Waals surface area contributed by atoms with Crippen LogP contribution in [0, 0.1) is 0 Å². The number of rotatable bonds is 3. The van der Waals surface area contributed by atoms with E-state index in [1.807, 2.05) is 41.3 Å². The average Bonchev–Trinajstić information content (AvgIpc) is 2.72. The van der Waals surface area contributed by atoms with Crippen molar-refractivity contribution in [2.24, 2.45) is 5.73 Å². The number of hydrogen-bond donors (Lipinski definition) is 1. The lowest BCUT2D eigenvalue weighted by atomic mass is 10.0. The van der Waals surface area contributed by atoms with Gasteiger partial charge in [-0.25, -0.2) is 0 Å². The third kappa shape index (κ3) is 3.85. The average molecular weight is 424 g/mol. The van der Waals surface area contributed by atoms with Gasteiger partial charge < -0.3 is 15.5 Å². The molecule has 30 heavy (non-hydrogen) atoms. The molecule has 1 atom stereocenters. The number of nitrogens with two attached hydrogens (primary N) is 1. The summed E-state index contributed by atoms with van der Waals surface area (Å²) in [7, 11) is 0. The van der Waals surface area contributed by atoms with E-state index < -0.39 is 5.54 Å². The molecule has 3 aromatic rings. The Morgan fingerprint density at radius 2 is 1.73 bits per heavy atom. The molecule has 2 heterocycles. The van der Waals surface area contributed by atoms with Crippen molar-refractivity contribution in [2.45, 2.75) is 32.4 Å². The highest BCUT2D eigenvalue weighted by atomic mass is 35.5. The van der Waals surface area contributed by atoms with Gasteiger partial charge in [0.05, 0.1) is 5.54 Å². The highest BCUT2D eigenvalue weighted by Crippen LogP contribution is 2.33. The molecular weight excluding hydrogens is 398 g/mol. The fourth-order valence-corrected chi connectivity index (χ4v) is 4.11. The summed E-state index contributed by atoms with van der Waals surface area (Å²) in [6.07, 6.45) is 0. The molecule has 1 unspecified atom stereocenters.